The van der Waals surface area contributed by atoms with Crippen LogP contribution in [0.3, 0.4) is 0 Å². The highest BCUT2D eigenvalue weighted by Crippen LogP contribution is 2.50. The lowest BCUT2D eigenvalue weighted by molar-refractivity contribution is -0.107. The highest BCUT2D eigenvalue weighted by Gasteiger charge is 2.37. The molecule has 2 heteroatoms. The third kappa shape index (κ3) is 4.56. The third-order valence-electron chi connectivity index (χ3n) is 4.32. The Morgan fingerprint density at radius 1 is 0.923 bits per heavy atom. The van der Waals surface area contributed by atoms with Gasteiger partial charge in [0.05, 0.1) is 4.75 Å². The van der Waals surface area contributed by atoms with E-state index in [1.165, 1.54) is 16.7 Å². The van der Waals surface area contributed by atoms with E-state index in [2.05, 4.69) is 78.9 Å². The first-order valence-corrected chi connectivity index (χ1v) is 10.4. The molecule has 1 aliphatic carbocycles. The van der Waals surface area contributed by atoms with Gasteiger partial charge < -0.3 is 4.79 Å². The molecule has 0 unspecified atom stereocenters. The minimum Gasteiger partial charge on any atom is -0.303 e. The fraction of sp³-hybridized carbons (Fsp3) is 0.292. The van der Waals surface area contributed by atoms with Crippen molar-refractivity contribution in [1.29, 1.82) is 0 Å². The van der Waals surface area contributed by atoms with Gasteiger partial charge in [0.1, 0.15) is 6.29 Å². The summed E-state index contributed by atoms with van der Waals surface area (Å²) in [5.74, 6) is 0.804. The molecule has 0 aromatic heterocycles. The van der Waals surface area contributed by atoms with E-state index in [4.69, 9.17) is 0 Å². The second kappa shape index (κ2) is 10.8. The van der Waals surface area contributed by atoms with Crippen molar-refractivity contribution in [2.75, 3.05) is 5.75 Å². The number of thioether (sulfide) groups is 1. The lowest BCUT2D eigenvalue weighted by Crippen LogP contribution is -2.27. The predicted octanol–water partition coefficient (Wildman–Crippen LogP) is 6.56. The van der Waals surface area contributed by atoms with Gasteiger partial charge in [-0.2, -0.15) is 0 Å². The summed E-state index contributed by atoms with van der Waals surface area (Å²) in [6.07, 6.45) is 10.6. The molecule has 2 aromatic carbocycles. The van der Waals surface area contributed by atoms with Gasteiger partial charge >= 0.3 is 0 Å². The van der Waals surface area contributed by atoms with E-state index in [0.29, 0.717) is 6.42 Å². The summed E-state index contributed by atoms with van der Waals surface area (Å²) >= 11 is 1.86. The standard InChI is InChI=1S/C22H22OS.C2H6/c23-17-10-18-24-22(19-11-4-1-5-12-19,20-13-6-2-7-14-20)21-15-8-3-9-16-21;1-2/h1-2,4-8,11-17H,3,9-10,18H2;1-2H3. The van der Waals surface area contributed by atoms with Gasteiger partial charge in [0.25, 0.3) is 0 Å². The second-order valence-corrected chi connectivity index (χ2v) is 7.17. The largest absolute Gasteiger partial charge is 0.303 e. The minimum absolute atomic E-state index is 0.261. The molecule has 136 valence electrons. The van der Waals surface area contributed by atoms with Crippen molar-refractivity contribution in [3.63, 3.8) is 0 Å². The Morgan fingerprint density at radius 2 is 1.50 bits per heavy atom. The Bertz CT molecular complexity index is 677. The van der Waals surface area contributed by atoms with Crippen LogP contribution in [0.5, 0.6) is 0 Å². The van der Waals surface area contributed by atoms with Crippen LogP contribution < -0.4 is 0 Å². The van der Waals surface area contributed by atoms with E-state index in [1.807, 2.05) is 25.6 Å². The van der Waals surface area contributed by atoms with Crippen LogP contribution in [0, 0.1) is 0 Å². The lowest BCUT2D eigenvalue weighted by atomic mass is 9.81. The molecule has 26 heavy (non-hydrogen) atoms. The summed E-state index contributed by atoms with van der Waals surface area (Å²) in [6, 6.07) is 21.3. The highest BCUT2D eigenvalue weighted by molar-refractivity contribution is 8.00. The van der Waals surface area contributed by atoms with Crippen molar-refractivity contribution in [2.45, 2.75) is 37.9 Å². The molecule has 0 aliphatic heterocycles. The molecule has 0 amide bonds. The summed E-state index contributed by atoms with van der Waals surface area (Å²) < 4.78 is -0.261. The number of allylic oxidation sites excluding steroid dienone is 3. The summed E-state index contributed by atoms with van der Waals surface area (Å²) in [5, 5.41) is 0. The Kier molecular flexibility index (Phi) is 8.43. The van der Waals surface area contributed by atoms with Gasteiger partial charge in [-0.3, -0.25) is 0 Å². The van der Waals surface area contributed by atoms with Gasteiger partial charge in [-0.05, 0) is 29.5 Å². The Morgan fingerprint density at radius 3 is 1.96 bits per heavy atom. The molecule has 1 nitrogen and oxygen atoms in total. The minimum atomic E-state index is -0.261. The number of benzene rings is 2. The molecule has 0 saturated heterocycles. The Hall–Kier alpha value is -2.06. The summed E-state index contributed by atoms with van der Waals surface area (Å²) in [5.41, 5.74) is 3.86. The average molecular weight is 365 g/mol. The number of rotatable bonds is 7. The van der Waals surface area contributed by atoms with Crippen LogP contribution in [0.2, 0.25) is 0 Å². The summed E-state index contributed by atoms with van der Waals surface area (Å²) in [7, 11) is 0. The molecule has 0 radical (unpaired) electrons. The van der Waals surface area contributed by atoms with Crippen LogP contribution in [-0.2, 0) is 9.54 Å². The summed E-state index contributed by atoms with van der Waals surface area (Å²) in [4.78, 5) is 10.9. The lowest BCUT2D eigenvalue weighted by Gasteiger charge is -2.37. The molecular weight excluding hydrogens is 336 g/mol. The quantitative estimate of drug-likeness (QED) is 0.409. The SMILES string of the molecule is CC.O=CCCSC(C1=CCCC=C1)(c1ccccc1)c1ccccc1. The number of carbonyl (C=O) groups is 1. The number of aldehydes is 1. The zero-order valence-corrected chi connectivity index (χ0v) is 16.5. The average Bonchev–Trinajstić information content (AvgIpc) is 2.75. The van der Waals surface area contributed by atoms with Crippen LogP contribution in [0.15, 0.2) is 84.5 Å². The molecule has 1 aliphatic rings. The zero-order valence-electron chi connectivity index (χ0n) is 15.7. The van der Waals surface area contributed by atoms with Crippen molar-refractivity contribution < 1.29 is 4.79 Å². The van der Waals surface area contributed by atoms with Crippen LogP contribution in [0.25, 0.3) is 0 Å². The maximum Gasteiger partial charge on any atom is 0.120 e. The molecule has 0 fully saturated rings. The van der Waals surface area contributed by atoms with Crippen LogP contribution in [0.4, 0.5) is 0 Å². The van der Waals surface area contributed by atoms with Crippen molar-refractivity contribution in [3.05, 3.63) is 95.6 Å². The first kappa shape index (κ1) is 20.3. The van der Waals surface area contributed by atoms with E-state index in [1.54, 1.807) is 0 Å². The molecule has 0 saturated carbocycles. The van der Waals surface area contributed by atoms with Crippen molar-refractivity contribution in [3.8, 4) is 0 Å². The van der Waals surface area contributed by atoms with E-state index in [9.17, 15) is 4.79 Å². The van der Waals surface area contributed by atoms with E-state index in [0.717, 1.165) is 24.9 Å². The van der Waals surface area contributed by atoms with E-state index >= 15 is 0 Å². The molecular formula is C24H28OS. The zero-order chi connectivity index (χ0) is 18.7. The molecule has 0 spiro atoms. The van der Waals surface area contributed by atoms with Gasteiger partial charge in [-0.15, -0.1) is 11.8 Å². The van der Waals surface area contributed by atoms with Gasteiger partial charge in [0.15, 0.2) is 0 Å². The van der Waals surface area contributed by atoms with E-state index < -0.39 is 0 Å². The monoisotopic (exact) mass is 364 g/mol. The van der Waals surface area contributed by atoms with Gasteiger partial charge in [-0.1, -0.05) is 92.7 Å². The first-order valence-electron chi connectivity index (χ1n) is 9.44. The van der Waals surface area contributed by atoms with Crippen LogP contribution in [0.1, 0.15) is 44.2 Å². The maximum absolute atomic E-state index is 10.9. The van der Waals surface area contributed by atoms with Crippen LogP contribution >= 0.6 is 11.8 Å². The molecule has 0 N–H and O–H groups in total. The first-order chi connectivity index (χ1) is 12.9. The van der Waals surface area contributed by atoms with Gasteiger partial charge in [0.2, 0.25) is 0 Å². The Balaban J connectivity index is 0.00000117. The molecule has 2 aromatic rings. The third-order valence-corrected chi connectivity index (χ3v) is 5.90. The van der Waals surface area contributed by atoms with Crippen molar-refractivity contribution >= 4 is 18.0 Å². The summed E-state index contributed by atoms with van der Waals surface area (Å²) in [6.45, 7) is 4.00. The predicted molar refractivity (Wildman–Crippen MR) is 115 cm³/mol. The molecule has 3 rings (SSSR count). The van der Waals surface area contributed by atoms with Crippen molar-refractivity contribution in [2.24, 2.45) is 0 Å². The smallest absolute Gasteiger partial charge is 0.120 e. The van der Waals surface area contributed by atoms with Crippen LogP contribution in [-0.4, -0.2) is 12.0 Å². The second-order valence-electron chi connectivity index (χ2n) is 5.86. The number of carbonyl (C=O) groups excluding carboxylic acids is 1. The highest BCUT2D eigenvalue weighted by atomic mass is 32.2. The number of hydrogen-bond acceptors (Lipinski definition) is 2. The fourth-order valence-electron chi connectivity index (χ4n) is 3.23. The van der Waals surface area contributed by atoms with Crippen molar-refractivity contribution in [1.82, 2.24) is 0 Å². The Labute approximate surface area is 162 Å². The van der Waals surface area contributed by atoms with Gasteiger partial charge in [0, 0.05) is 12.2 Å². The number of hydrogen-bond donors (Lipinski definition) is 0. The normalized spacial score (nSPS) is 13.4. The molecule has 0 heterocycles. The maximum atomic E-state index is 10.9. The van der Waals surface area contributed by atoms with Gasteiger partial charge in [-0.25, -0.2) is 0 Å². The molecule has 0 bridgehead atoms. The van der Waals surface area contributed by atoms with E-state index in [-0.39, 0.29) is 4.75 Å². The fourth-order valence-corrected chi connectivity index (χ4v) is 4.67. The topological polar surface area (TPSA) is 17.1 Å². The molecule has 0 atom stereocenters.